The van der Waals surface area contributed by atoms with E-state index in [9.17, 15) is 10.1 Å². The predicted octanol–water partition coefficient (Wildman–Crippen LogP) is 3.22. The maximum atomic E-state index is 12.6. The lowest BCUT2D eigenvalue weighted by Gasteiger charge is -2.56. The fraction of sp³-hybridized carbons (Fsp3) is 0.688. The molecule has 0 aromatic heterocycles. The van der Waals surface area contributed by atoms with E-state index in [0.717, 1.165) is 44.7 Å². The monoisotopic (exact) mass is 578 g/mol. The number of thioether (sulfide) groups is 1. The Balaban J connectivity index is 1.21. The van der Waals surface area contributed by atoms with Crippen molar-refractivity contribution in [2.24, 2.45) is 5.92 Å². The van der Waals surface area contributed by atoms with Crippen molar-refractivity contribution < 1.29 is 9.53 Å². The number of rotatable bonds is 6. The molecule has 5 aliphatic rings. The maximum absolute atomic E-state index is 12.6. The lowest BCUT2D eigenvalue weighted by molar-refractivity contribution is -0.135. The van der Waals surface area contributed by atoms with Gasteiger partial charge >= 0.3 is 0 Å². The summed E-state index contributed by atoms with van der Waals surface area (Å²) in [6.07, 6.45) is 8.70. The van der Waals surface area contributed by atoms with E-state index in [0.29, 0.717) is 37.5 Å². The largest absolute Gasteiger partial charge is 0.348 e. The molecule has 0 bridgehead atoms. The minimum absolute atomic E-state index is 0.0765. The molecule has 4 fully saturated rings. The van der Waals surface area contributed by atoms with Crippen molar-refractivity contribution in [2.75, 3.05) is 39.8 Å². The summed E-state index contributed by atoms with van der Waals surface area (Å²) in [4.78, 5) is 19.3. The molecule has 4 heterocycles. The number of nitrogens with one attached hydrogen (secondary N) is 2. The quantitative estimate of drug-likeness (QED) is 0.498. The van der Waals surface area contributed by atoms with Gasteiger partial charge in [0.05, 0.1) is 31.3 Å². The van der Waals surface area contributed by atoms with Crippen LogP contribution >= 0.6 is 11.8 Å². The summed E-state index contributed by atoms with van der Waals surface area (Å²) >= 11 is 2.17. The number of ether oxygens (including phenoxy) is 1. The Morgan fingerprint density at radius 1 is 1.27 bits per heavy atom. The molecule has 2 N–H and O–H groups in total. The third kappa shape index (κ3) is 5.97. The van der Waals surface area contributed by atoms with Crippen LogP contribution in [0.25, 0.3) is 0 Å². The molecule has 9 heteroatoms. The fourth-order valence-corrected chi connectivity index (χ4v) is 9.79. The third-order valence-corrected chi connectivity index (χ3v) is 12.1. The van der Waals surface area contributed by atoms with E-state index in [-0.39, 0.29) is 29.2 Å². The van der Waals surface area contributed by atoms with Crippen molar-refractivity contribution in [3.63, 3.8) is 0 Å². The van der Waals surface area contributed by atoms with Crippen molar-refractivity contribution >= 4 is 17.7 Å². The standard InChI is InChI=1S/C32H46N6O2S/c1-4-29(39)38-16-15-37(19-24(38)11-13-33)30-26-10-12-32(17-23-8-5-7-22(2)27(23)21-41-32)18-28(26)34-31(35-30)40-20-25-9-6-14-36(25)3/h4-5,7-8,24-26,28,30-31,34-35H,1,6,9-12,14-21H2,2-3H3/t24?,25?,26?,28?,30?,31?,32-/m0/s1. The second-order valence-corrected chi connectivity index (χ2v) is 14.3. The number of hydrogen-bond acceptors (Lipinski definition) is 8. The number of nitrogens with zero attached hydrogens (tertiary/aromatic N) is 4. The van der Waals surface area contributed by atoms with E-state index < -0.39 is 0 Å². The van der Waals surface area contributed by atoms with Gasteiger partial charge in [0, 0.05) is 48.1 Å². The molecule has 6 rings (SSSR count). The van der Waals surface area contributed by atoms with Crippen molar-refractivity contribution in [3.8, 4) is 6.07 Å². The molecule has 1 saturated carbocycles. The van der Waals surface area contributed by atoms with Gasteiger partial charge in [-0.05, 0) is 81.8 Å². The number of carbonyl (C=O) groups excluding carboxylic acids is 1. The first-order chi connectivity index (χ1) is 19.9. The normalized spacial score (nSPS) is 36.0. The molecule has 222 valence electrons. The average molecular weight is 579 g/mol. The van der Waals surface area contributed by atoms with Gasteiger partial charge in [-0.25, -0.2) is 0 Å². The fourth-order valence-electron chi connectivity index (χ4n) is 8.11. The number of amides is 1. The summed E-state index contributed by atoms with van der Waals surface area (Å²) in [6, 6.07) is 9.83. The molecular formula is C32H46N6O2S. The maximum Gasteiger partial charge on any atom is 0.246 e. The summed E-state index contributed by atoms with van der Waals surface area (Å²) in [5.41, 5.74) is 4.50. The lowest BCUT2D eigenvalue weighted by atomic mass is 9.72. The summed E-state index contributed by atoms with van der Waals surface area (Å²) in [6.45, 7) is 9.90. The average Bonchev–Trinajstić information content (AvgIpc) is 3.39. The molecule has 1 spiro atoms. The van der Waals surface area contributed by atoms with Gasteiger partial charge in [-0.1, -0.05) is 24.8 Å². The lowest BCUT2D eigenvalue weighted by Crippen LogP contribution is -2.73. The van der Waals surface area contributed by atoms with Crippen LogP contribution in [0.5, 0.6) is 0 Å². The van der Waals surface area contributed by atoms with Gasteiger partial charge in [-0.2, -0.15) is 5.26 Å². The molecule has 1 aliphatic carbocycles. The predicted molar refractivity (Wildman–Crippen MR) is 163 cm³/mol. The molecule has 8 nitrogen and oxygen atoms in total. The Morgan fingerprint density at radius 3 is 2.93 bits per heavy atom. The Bertz CT molecular complexity index is 1170. The molecule has 1 aromatic carbocycles. The molecule has 3 saturated heterocycles. The van der Waals surface area contributed by atoms with Crippen LogP contribution < -0.4 is 10.6 Å². The third-order valence-electron chi connectivity index (χ3n) is 10.5. The van der Waals surface area contributed by atoms with Crippen LogP contribution in [0.3, 0.4) is 0 Å². The SMILES string of the molecule is C=CC(=O)N1CCN(C2NC(OCC3CCCN3C)NC3C[C@]4(CCC32)Cc2cccc(C)c2CS4)CC1CC#N. The highest BCUT2D eigenvalue weighted by molar-refractivity contribution is 8.00. The molecule has 1 aromatic rings. The zero-order valence-electron chi connectivity index (χ0n) is 24.7. The highest BCUT2D eigenvalue weighted by Crippen LogP contribution is 2.50. The van der Waals surface area contributed by atoms with Crippen LogP contribution in [0.4, 0.5) is 0 Å². The summed E-state index contributed by atoms with van der Waals surface area (Å²) in [5, 5.41) is 17.3. The molecule has 1 amide bonds. The van der Waals surface area contributed by atoms with Crippen LogP contribution in [-0.4, -0.2) is 95.8 Å². The van der Waals surface area contributed by atoms with Crippen LogP contribution in [0.1, 0.15) is 55.2 Å². The number of aryl methyl sites for hydroxylation is 1. The van der Waals surface area contributed by atoms with E-state index in [4.69, 9.17) is 4.74 Å². The number of carbonyl (C=O) groups is 1. The van der Waals surface area contributed by atoms with Gasteiger partial charge in [0.15, 0.2) is 6.35 Å². The Hall–Kier alpha value is -1.93. The van der Waals surface area contributed by atoms with Crippen molar-refractivity contribution in [1.29, 1.82) is 5.26 Å². The van der Waals surface area contributed by atoms with Crippen LogP contribution in [0.15, 0.2) is 30.9 Å². The number of likely N-dealkylation sites (N-methyl/N-ethyl adjacent to an activating group) is 1. The van der Waals surface area contributed by atoms with Crippen LogP contribution in [-0.2, 0) is 21.7 Å². The van der Waals surface area contributed by atoms with Crippen molar-refractivity contribution in [2.45, 2.75) is 93.0 Å². The molecule has 41 heavy (non-hydrogen) atoms. The summed E-state index contributed by atoms with van der Waals surface area (Å²) in [7, 11) is 2.20. The van der Waals surface area contributed by atoms with Gasteiger partial charge < -0.3 is 14.5 Å². The van der Waals surface area contributed by atoms with Gasteiger partial charge in [-0.15, -0.1) is 11.8 Å². The highest BCUT2D eigenvalue weighted by Gasteiger charge is 2.50. The number of hydrogen-bond donors (Lipinski definition) is 2. The minimum Gasteiger partial charge on any atom is -0.348 e. The summed E-state index contributed by atoms with van der Waals surface area (Å²) < 4.78 is 6.83. The molecular weight excluding hydrogens is 532 g/mol. The molecule has 0 radical (unpaired) electrons. The van der Waals surface area contributed by atoms with Crippen molar-refractivity contribution in [3.05, 3.63) is 47.5 Å². The van der Waals surface area contributed by atoms with E-state index in [2.05, 4.69) is 77.0 Å². The zero-order chi connectivity index (χ0) is 28.6. The summed E-state index contributed by atoms with van der Waals surface area (Å²) in [5.74, 6) is 1.47. The van der Waals surface area contributed by atoms with E-state index in [1.807, 2.05) is 4.90 Å². The first-order valence-corrected chi connectivity index (χ1v) is 16.5. The second-order valence-electron chi connectivity index (χ2n) is 12.9. The number of likely N-dealkylation sites (tertiary alicyclic amines) is 1. The van der Waals surface area contributed by atoms with Gasteiger partial charge in [0.1, 0.15) is 0 Å². The Labute approximate surface area is 249 Å². The second kappa shape index (κ2) is 12.4. The topological polar surface area (TPSA) is 83.9 Å². The van der Waals surface area contributed by atoms with Crippen LogP contribution in [0, 0.1) is 24.2 Å². The van der Waals surface area contributed by atoms with Gasteiger partial charge in [0.25, 0.3) is 0 Å². The van der Waals surface area contributed by atoms with Crippen LogP contribution in [0.2, 0.25) is 0 Å². The molecule has 6 unspecified atom stereocenters. The number of nitriles is 1. The smallest absolute Gasteiger partial charge is 0.246 e. The molecule has 4 aliphatic heterocycles. The van der Waals surface area contributed by atoms with Gasteiger partial charge in [-0.3, -0.25) is 20.3 Å². The van der Waals surface area contributed by atoms with Crippen molar-refractivity contribution in [1.82, 2.24) is 25.3 Å². The zero-order valence-corrected chi connectivity index (χ0v) is 25.5. The number of piperazine rings is 1. The first kappa shape index (κ1) is 29.2. The minimum atomic E-state index is -0.212. The van der Waals surface area contributed by atoms with E-state index in [1.54, 1.807) is 5.56 Å². The van der Waals surface area contributed by atoms with E-state index >= 15 is 0 Å². The van der Waals surface area contributed by atoms with Gasteiger partial charge in [0.2, 0.25) is 5.91 Å². The van der Waals surface area contributed by atoms with E-state index in [1.165, 1.54) is 36.5 Å². The number of fused-ring (bicyclic) bond motifs is 2. The molecule has 7 atom stereocenters. The Kier molecular flexibility index (Phi) is 8.79. The Morgan fingerprint density at radius 2 is 2.15 bits per heavy atom. The highest BCUT2D eigenvalue weighted by atomic mass is 32.2. The number of benzene rings is 1. The first-order valence-electron chi connectivity index (χ1n) is 15.5.